The zero-order valence-corrected chi connectivity index (χ0v) is 11.4. The normalized spacial score (nSPS) is 10.1. The molecule has 2 aromatic rings. The number of anilines is 2. The van der Waals surface area contributed by atoms with Crippen LogP contribution in [0.4, 0.5) is 11.5 Å². The molecule has 0 atom stereocenters. The first-order valence-corrected chi connectivity index (χ1v) is 6.09. The van der Waals surface area contributed by atoms with E-state index >= 15 is 0 Å². The largest absolute Gasteiger partial charge is 0.495 e. The quantitative estimate of drug-likeness (QED) is 0.920. The molecule has 0 saturated carbocycles. The lowest BCUT2D eigenvalue weighted by Crippen LogP contribution is -1.97. The van der Waals surface area contributed by atoms with Gasteiger partial charge in [0.15, 0.2) is 0 Å². The van der Waals surface area contributed by atoms with Crippen molar-refractivity contribution in [2.45, 2.75) is 0 Å². The lowest BCUT2D eigenvalue weighted by atomic mass is 10.3. The van der Waals surface area contributed by atoms with Gasteiger partial charge in [-0.05, 0) is 34.1 Å². The van der Waals surface area contributed by atoms with E-state index in [0.717, 1.165) is 15.9 Å². The molecule has 5 heteroatoms. The summed E-state index contributed by atoms with van der Waals surface area (Å²) in [6, 6.07) is 9.37. The van der Waals surface area contributed by atoms with E-state index in [1.165, 1.54) is 0 Å². The zero-order valence-electron chi connectivity index (χ0n) is 9.08. The van der Waals surface area contributed by atoms with Crippen molar-refractivity contribution in [3.63, 3.8) is 0 Å². The molecular weight excluding hydrogens is 304 g/mol. The number of aromatic nitrogens is 1. The molecule has 17 heavy (non-hydrogen) atoms. The summed E-state index contributed by atoms with van der Waals surface area (Å²) in [6.07, 6.45) is 1.68. The van der Waals surface area contributed by atoms with Crippen molar-refractivity contribution in [1.82, 2.24) is 4.98 Å². The third kappa shape index (κ3) is 2.90. The topological polar surface area (TPSA) is 34.1 Å². The number of methoxy groups -OCH3 is 1. The summed E-state index contributed by atoms with van der Waals surface area (Å²) >= 11 is 9.39. The number of benzene rings is 1. The van der Waals surface area contributed by atoms with E-state index in [-0.39, 0.29) is 0 Å². The van der Waals surface area contributed by atoms with E-state index < -0.39 is 0 Å². The molecule has 0 aliphatic rings. The van der Waals surface area contributed by atoms with E-state index in [2.05, 4.69) is 26.2 Å². The van der Waals surface area contributed by atoms with Crippen LogP contribution in [0.1, 0.15) is 0 Å². The standard InChI is InChI=1S/C12H10BrClN2O/c1-17-11-5-3-2-4-10(11)16-12-9(14)6-8(13)7-15-12/h2-7H,1H3,(H,15,16). The van der Waals surface area contributed by atoms with Crippen molar-refractivity contribution in [3.8, 4) is 5.75 Å². The van der Waals surface area contributed by atoms with Gasteiger partial charge >= 0.3 is 0 Å². The molecule has 88 valence electrons. The smallest absolute Gasteiger partial charge is 0.149 e. The Bertz CT molecular complexity index is 534. The molecule has 1 heterocycles. The molecule has 2 rings (SSSR count). The van der Waals surface area contributed by atoms with Gasteiger partial charge in [-0.25, -0.2) is 4.98 Å². The summed E-state index contributed by atoms with van der Waals surface area (Å²) in [7, 11) is 1.62. The molecule has 0 spiro atoms. The van der Waals surface area contributed by atoms with Crippen LogP contribution in [-0.2, 0) is 0 Å². The molecule has 0 aliphatic carbocycles. The highest BCUT2D eigenvalue weighted by Crippen LogP contribution is 2.30. The molecule has 1 N–H and O–H groups in total. The van der Waals surface area contributed by atoms with E-state index in [1.54, 1.807) is 19.4 Å². The number of nitrogens with one attached hydrogen (secondary N) is 1. The van der Waals surface area contributed by atoms with E-state index in [1.807, 2.05) is 24.3 Å². The number of hydrogen-bond acceptors (Lipinski definition) is 3. The Hall–Kier alpha value is -1.26. The number of rotatable bonds is 3. The Morgan fingerprint density at radius 1 is 1.35 bits per heavy atom. The second-order valence-corrected chi connectivity index (χ2v) is 4.63. The van der Waals surface area contributed by atoms with Crippen LogP contribution in [0.3, 0.4) is 0 Å². The molecule has 0 saturated heterocycles. The SMILES string of the molecule is COc1ccccc1Nc1ncc(Br)cc1Cl. The molecule has 0 bridgehead atoms. The Kier molecular flexibility index (Phi) is 3.86. The maximum Gasteiger partial charge on any atom is 0.149 e. The zero-order chi connectivity index (χ0) is 12.3. The minimum absolute atomic E-state index is 0.547. The highest BCUT2D eigenvalue weighted by atomic mass is 79.9. The predicted molar refractivity (Wildman–Crippen MR) is 73.2 cm³/mol. The first-order valence-electron chi connectivity index (χ1n) is 4.92. The summed E-state index contributed by atoms with van der Waals surface area (Å²) in [5, 5.41) is 3.68. The molecule has 0 unspecified atom stereocenters. The highest BCUT2D eigenvalue weighted by Gasteiger charge is 2.06. The second-order valence-electron chi connectivity index (χ2n) is 3.31. The van der Waals surface area contributed by atoms with E-state index in [0.29, 0.717) is 10.8 Å². The number of ether oxygens (including phenoxy) is 1. The number of para-hydroxylation sites is 2. The summed E-state index contributed by atoms with van der Waals surface area (Å²) in [5.74, 6) is 1.34. The molecule has 0 amide bonds. The minimum atomic E-state index is 0.547. The van der Waals surface area contributed by atoms with Crippen molar-refractivity contribution < 1.29 is 4.74 Å². The van der Waals surface area contributed by atoms with Gasteiger partial charge in [0.05, 0.1) is 17.8 Å². The Morgan fingerprint density at radius 2 is 2.12 bits per heavy atom. The molecule has 0 aliphatic heterocycles. The summed E-state index contributed by atoms with van der Waals surface area (Å²) in [6.45, 7) is 0. The van der Waals surface area contributed by atoms with Crippen LogP contribution in [0.2, 0.25) is 5.02 Å². The van der Waals surface area contributed by atoms with Crippen LogP contribution in [0, 0.1) is 0 Å². The molecule has 1 aromatic carbocycles. The fourth-order valence-electron chi connectivity index (χ4n) is 1.38. The van der Waals surface area contributed by atoms with Gasteiger partial charge in [-0.1, -0.05) is 23.7 Å². The van der Waals surface area contributed by atoms with Gasteiger partial charge in [-0.15, -0.1) is 0 Å². The number of nitrogens with zero attached hydrogens (tertiary/aromatic N) is 1. The van der Waals surface area contributed by atoms with Crippen LogP contribution < -0.4 is 10.1 Å². The van der Waals surface area contributed by atoms with Crippen LogP contribution in [-0.4, -0.2) is 12.1 Å². The number of hydrogen-bond donors (Lipinski definition) is 1. The summed E-state index contributed by atoms with van der Waals surface area (Å²) < 4.78 is 6.08. The lowest BCUT2D eigenvalue weighted by Gasteiger charge is -2.11. The van der Waals surface area contributed by atoms with Crippen LogP contribution in [0.5, 0.6) is 5.75 Å². The average molecular weight is 314 g/mol. The fourth-order valence-corrected chi connectivity index (χ4v) is 2.06. The first-order chi connectivity index (χ1) is 8.20. The molecular formula is C12H10BrClN2O. The Labute approximate surface area is 113 Å². The van der Waals surface area contributed by atoms with Crippen molar-refractivity contribution in [3.05, 3.63) is 46.0 Å². The molecule has 3 nitrogen and oxygen atoms in total. The van der Waals surface area contributed by atoms with Crippen molar-refractivity contribution in [2.75, 3.05) is 12.4 Å². The Balaban J connectivity index is 2.31. The minimum Gasteiger partial charge on any atom is -0.495 e. The van der Waals surface area contributed by atoms with Gasteiger partial charge in [0.1, 0.15) is 11.6 Å². The van der Waals surface area contributed by atoms with Gasteiger partial charge in [0.25, 0.3) is 0 Å². The monoisotopic (exact) mass is 312 g/mol. The molecule has 0 fully saturated rings. The maximum atomic E-state index is 6.08. The average Bonchev–Trinajstić information content (AvgIpc) is 2.33. The van der Waals surface area contributed by atoms with Crippen LogP contribution in [0.25, 0.3) is 0 Å². The molecule has 1 aromatic heterocycles. The van der Waals surface area contributed by atoms with Crippen molar-refractivity contribution >= 4 is 39.0 Å². The number of pyridine rings is 1. The predicted octanol–water partition coefficient (Wildman–Crippen LogP) is 4.25. The van der Waals surface area contributed by atoms with Crippen molar-refractivity contribution in [1.29, 1.82) is 0 Å². The van der Waals surface area contributed by atoms with Gasteiger partial charge in [-0.3, -0.25) is 0 Å². The van der Waals surface area contributed by atoms with Crippen molar-refractivity contribution in [2.24, 2.45) is 0 Å². The third-order valence-electron chi connectivity index (χ3n) is 2.17. The Morgan fingerprint density at radius 3 is 2.82 bits per heavy atom. The fraction of sp³-hybridized carbons (Fsp3) is 0.0833. The van der Waals surface area contributed by atoms with Crippen LogP contribution in [0.15, 0.2) is 41.0 Å². The maximum absolute atomic E-state index is 6.08. The first kappa shape index (κ1) is 12.2. The summed E-state index contributed by atoms with van der Waals surface area (Å²) in [5.41, 5.74) is 0.826. The van der Waals surface area contributed by atoms with Gasteiger partial charge < -0.3 is 10.1 Å². The lowest BCUT2D eigenvalue weighted by molar-refractivity contribution is 0.417. The number of halogens is 2. The van der Waals surface area contributed by atoms with Crippen LogP contribution >= 0.6 is 27.5 Å². The van der Waals surface area contributed by atoms with E-state index in [4.69, 9.17) is 16.3 Å². The second kappa shape index (κ2) is 5.38. The van der Waals surface area contributed by atoms with E-state index in [9.17, 15) is 0 Å². The molecule has 0 radical (unpaired) electrons. The third-order valence-corrected chi connectivity index (χ3v) is 2.89. The highest BCUT2D eigenvalue weighted by molar-refractivity contribution is 9.10. The van der Waals surface area contributed by atoms with Gasteiger partial charge in [0.2, 0.25) is 0 Å². The van der Waals surface area contributed by atoms with Gasteiger partial charge in [-0.2, -0.15) is 0 Å². The summed E-state index contributed by atoms with van der Waals surface area (Å²) in [4.78, 5) is 4.20. The van der Waals surface area contributed by atoms with Gasteiger partial charge in [0, 0.05) is 10.7 Å².